The van der Waals surface area contributed by atoms with Crippen LogP contribution < -0.4 is 10.5 Å². The topological polar surface area (TPSA) is 85.7 Å². The van der Waals surface area contributed by atoms with E-state index in [0.717, 1.165) is 23.6 Å². The minimum Gasteiger partial charge on any atom is -0.487 e. The molecule has 2 heterocycles. The molecule has 0 amide bonds. The Morgan fingerprint density at radius 3 is 2.38 bits per heavy atom. The Balaban J connectivity index is 1.58. The van der Waals surface area contributed by atoms with Crippen molar-refractivity contribution in [3.05, 3.63) is 77.7 Å². The van der Waals surface area contributed by atoms with Crippen LogP contribution in [0.25, 0.3) is 16.8 Å². The molecule has 4 aromatic rings. The fourth-order valence-corrected chi connectivity index (χ4v) is 3.51. The summed E-state index contributed by atoms with van der Waals surface area (Å²) < 4.78 is 79.8. The van der Waals surface area contributed by atoms with Gasteiger partial charge in [-0.25, -0.2) is 26.5 Å². The molecule has 4 rings (SSSR count). The van der Waals surface area contributed by atoms with Crippen LogP contribution in [-0.4, -0.2) is 32.2 Å². The van der Waals surface area contributed by atoms with E-state index in [1.165, 1.54) is 36.5 Å². The molecule has 0 fully saturated rings. The zero-order valence-corrected chi connectivity index (χ0v) is 17.8. The molecule has 1 unspecified atom stereocenters. The second-order valence-electron chi connectivity index (χ2n) is 7.76. The molecule has 2 aromatic heterocycles. The zero-order valence-electron chi connectivity index (χ0n) is 17.8. The first-order chi connectivity index (χ1) is 16.0. The number of aliphatic hydroxyl groups is 1. The number of pyridine rings is 1. The molecule has 0 aliphatic rings. The molecule has 1 atom stereocenters. The van der Waals surface area contributed by atoms with E-state index in [2.05, 4.69) is 10.1 Å². The number of nitrogens with zero attached hydrogens (tertiary/aromatic N) is 3. The normalized spacial score (nSPS) is 13.7. The summed E-state index contributed by atoms with van der Waals surface area (Å²) >= 11 is 0. The van der Waals surface area contributed by atoms with Crippen molar-refractivity contribution in [3.63, 3.8) is 0 Å². The number of nitrogen functional groups attached to an aromatic ring is 1. The Hall–Kier alpha value is -3.73. The standard InChI is InChI=1S/C23H19F5N4O2/c1-22(33,13-5-3-2-4-6-13)23(27,28)10-12-34-19-16(24)8-7-14(17(19)25)15-9-11-32-20(18(15)26)30-21(29)31-32/h2-9,11,33H,10,12H2,1H3,(H2,29,31). The van der Waals surface area contributed by atoms with E-state index >= 15 is 4.39 Å². The highest BCUT2D eigenvalue weighted by Crippen LogP contribution is 2.40. The van der Waals surface area contributed by atoms with Crippen molar-refractivity contribution in [3.8, 4) is 16.9 Å². The van der Waals surface area contributed by atoms with Crippen LogP contribution >= 0.6 is 0 Å². The number of hydrogen-bond acceptors (Lipinski definition) is 5. The predicted molar refractivity (Wildman–Crippen MR) is 114 cm³/mol. The third-order valence-corrected chi connectivity index (χ3v) is 5.51. The number of benzene rings is 2. The average Bonchev–Trinajstić information content (AvgIpc) is 3.18. The predicted octanol–water partition coefficient (Wildman–Crippen LogP) is 4.71. The highest BCUT2D eigenvalue weighted by Gasteiger charge is 2.49. The van der Waals surface area contributed by atoms with E-state index in [-0.39, 0.29) is 28.3 Å². The fourth-order valence-electron chi connectivity index (χ4n) is 3.51. The average molecular weight is 478 g/mol. The van der Waals surface area contributed by atoms with Crippen molar-refractivity contribution in [1.29, 1.82) is 0 Å². The van der Waals surface area contributed by atoms with Crippen LogP contribution in [0, 0.1) is 17.5 Å². The van der Waals surface area contributed by atoms with Gasteiger partial charge < -0.3 is 15.6 Å². The molecule has 2 aromatic carbocycles. The van der Waals surface area contributed by atoms with Gasteiger partial charge in [-0.15, -0.1) is 5.10 Å². The molecular weight excluding hydrogens is 459 g/mol. The quantitative estimate of drug-likeness (QED) is 0.376. The molecule has 0 aliphatic carbocycles. The van der Waals surface area contributed by atoms with Gasteiger partial charge in [-0.05, 0) is 30.7 Å². The molecule has 0 bridgehead atoms. The summed E-state index contributed by atoms with van der Waals surface area (Å²) in [5.74, 6) is -8.25. The third-order valence-electron chi connectivity index (χ3n) is 5.51. The van der Waals surface area contributed by atoms with Gasteiger partial charge in [0, 0.05) is 23.7 Å². The van der Waals surface area contributed by atoms with Crippen molar-refractivity contribution >= 4 is 11.6 Å². The molecule has 0 spiro atoms. The van der Waals surface area contributed by atoms with Crippen molar-refractivity contribution in [2.24, 2.45) is 0 Å². The largest absolute Gasteiger partial charge is 0.487 e. The monoisotopic (exact) mass is 478 g/mol. The molecule has 0 saturated carbocycles. The maximum Gasteiger partial charge on any atom is 0.283 e. The second kappa shape index (κ2) is 8.56. The minimum atomic E-state index is -3.69. The van der Waals surface area contributed by atoms with Gasteiger partial charge in [0.1, 0.15) is 0 Å². The van der Waals surface area contributed by atoms with Gasteiger partial charge in [0.25, 0.3) is 5.92 Å². The van der Waals surface area contributed by atoms with Crippen molar-refractivity contribution < 1.29 is 31.8 Å². The molecule has 34 heavy (non-hydrogen) atoms. The number of halogens is 5. The van der Waals surface area contributed by atoms with Crippen molar-refractivity contribution in [2.45, 2.75) is 24.9 Å². The first kappa shape index (κ1) is 23.4. The van der Waals surface area contributed by atoms with Crippen molar-refractivity contribution in [1.82, 2.24) is 14.6 Å². The van der Waals surface area contributed by atoms with Gasteiger partial charge in [-0.1, -0.05) is 30.3 Å². The van der Waals surface area contributed by atoms with E-state index in [4.69, 9.17) is 10.5 Å². The Kier molecular flexibility index (Phi) is 5.90. The van der Waals surface area contributed by atoms with Gasteiger partial charge in [-0.2, -0.15) is 4.98 Å². The number of hydrogen-bond donors (Lipinski definition) is 2. The van der Waals surface area contributed by atoms with Gasteiger partial charge in [0.15, 0.2) is 34.4 Å². The van der Waals surface area contributed by atoms with Gasteiger partial charge in [0.05, 0.1) is 6.61 Å². The Morgan fingerprint density at radius 2 is 1.68 bits per heavy atom. The summed E-state index contributed by atoms with van der Waals surface area (Å²) in [5.41, 5.74) is 1.95. The summed E-state index contributed by atoms with van der Waals surface area (Å²) in [5, 5.41) is 14.2. The lowest BCUT2D eigenvalue weighted by molar-refractivity contribution is -0.184. The van der Waals surface area contributed by atoms with Crippen LogP contribution in [0.1, 0.15) is 18.9 Å². The lowest BCUT2D eigenvalue weighted by Gasteiger charge is -2.33. The number of ether oxygens (including phenoxy) is 1. The van der Waals surface area contributed by atoms with Crippen LogP contribution in [0.5, 0.6) is 5.75 Å². The van der Waals surface area contributed by atoms with Crippen LogP contribution in [0.4, 0.5) is 27.9 Å². The molecule has 11 heteroatoms. The Bertz CT molecular complexity index is 1340. The summed E-state index contributed by atoms with van der Waals surface area (Å²) in [4.78, 5) is 3.71. The molecule has 0 radical (unpaired) electrons. The molecule has 178 valence electrons. The van der Waals surface area contributed by atoms with Gasteiger partial charge in [-0.3, -0.25) is 0 Å². The number of anilines is 1. The number of fused-ring (bicyclic) bond motifs is 1. The SMILES string of the molecule is CC(O)(c1ccccc1)C(F)(F)CCOc1c(F)ccc(-c2ccn3nc(N)nc3c2F)c1F. The van der Waals surface area contributed by atoms with E-state index in [9.17, 15) is 22.7 Å². The second-order valence-corrected chi connectivity index (χ2v) is 7.76. The van der Waals surface area contributed by atoms with Crippen LogP contribution in [-0.2, 0) is 5.60 Å². The van der Waals surface area contributed by atoms with Crippen molar-refractivity contribution in [2.75, 3.05) is 12.3 Å². The third kappa shape index (κ3) is 4.03. The van der Waals surface area contributed by atoms with E-state index in [0.29, 0.717) is 0 Å². The lowest BCUT2D eigenvalue weighted by Crippen LogP contribution is -2.43. The zero-order chi connectivity index (χ0) is 24.7. The minimum absolute atomic E-state index is 0.0284. The maximum absolute atomic E-state index is 15.1. The molecule has 0 saturated heterocycles. The van der Waals surface area contributed by atoms with E-state index in [1.54, 1.807) is 6.07 Å². The summed E-state index contributed by atoms with van der Waals surface area (Å²) in [6.45, 7) is 0.121. The first-order valence-corrected chi connectivity index (χ1v) is 10.1. The first-order valence-electron chi connectivity index (χ1n) is 10.1. The molecule has 6 nitrogen and oxygen atoms in total. The number of nitrogens with two attached hydrogens (primary N) is 1. The van der Waals surface area contributed by atoms with E-state index in [1.807, 2.05) is 0 Å². The summed E-state index contributed by atoms with van der Waals surface area (Å²) in [7, 11) is 0. The highest BCUT2D eigenvalue weighted by atomic mass is 19.3. The Labute approximate surface area is 190 Å². The smallest absolute Gasteiger partial charge is 0.283 e. The number of rotatable bonds is 7. The van der Waals surface area contributed by atoms with Crippen LogP contribution in [0.3, 0.4) is 0 Å². The van der Waals surface area contributed by atoms with Crippen LogP contribution in [0.15, 0.2) is 54.7 Å². The van der Waals surface area contributed by atoms with Crippen LogP contribution in [0.2, 0.25) is 0 Å². The highest BCUT2D eigenvalue weighted by molar-refractivity contribution is 5.70. The number of aromatic nitrogens is 3. The summed E-state index contributed by atoms with van der Waals surface area (Å²) in [6.07, 6.45) is 0.240. The fraction of sp³-hybridized carbons (Fsp3) is 0.217. The van der Waals surface area contributed by atoms with Gasteiger partial charge in [0.2, 0.25) is 5.95 Å². The summed E-state index contributed by atoms with van der Waals surface area (Å²) in [6, 6.07) is 10.3. The Morgan fingerprint density at radius 1 is 1.00 bits per heavy atom. The maximum atomic E-state index is 15.1. The number of alkyl halides is 2. The van der Waals surface area contributed by atoms with E-state index < -0.39 is 47.8 Å². The molecular formula is C23H19F5N4O2. The van der Waals surface area contributed by atoms with Gasteiger partial charge >= 0.3 is 0 Å². The molecule has 0 aliphatic heterocycles. The lowest BCUT2D eigenvalue weighted by atomic mass is 9.87. The molecule has 3 N–H and O–H groups in total.